The maximum absolute atomic E-state index is 6.43. The lowest BCUT2D eigenvalue weighted by molar-refractivity contribution is 0.359. The Kier molecular flexibility index (Phi) is 4.19. The topological polar surface area (TPSA) is 31.4 Å². The van der Waals surface area contributed by atoms with Gasteiger partial charge in [0.05, 0.1) is 0 Å². The van der Waals surface area contributed by atoms with Crippen LogP contribution in [0.1, 0.15) is 25.0 Å². The Morgan fingerprint density at radius 3 is 2.11 bits per heavy atom. The van der Waals surface area contributed by atoms with Crippen LogP contribution in [0.5, 0.6) is 23.0 Å². The van der Waals surface area contributed by atoms with Crippen molar-refractivity contribution in [3.05, 3.63) is 115 Å². The van der Waals surface area contributed by atoms with E-state index in [1.165, 1.54) is 22.3 Å². The summed E-state index contributed by atoms with van der Waals surface area (Å²) in [7, 11) is 0. The van der Waals surface area contributed by atoms with Gasteiger partial charge in [-0.1, -0.05) is 68.4 Å². The summed E-state index contributed by atoms with van der Waals surface area (Å²) >= 11 is 0. The van der Waals surface area contributed by atoms with E-state index in [0.29, 0.717) is 0 Å². The van der Waals surface area contributed by atoms with Crippen LogP contribution < -0.4 is 9.47 Å². The monoisotopic (exact) mass is 453 g/mol. The first-order valence-corrected chi connectivity index (χ1v) is 11.9. The van der Waals surface area contributed by atoms with Gasteiger partial charge in [-0.25, -0.2) is 0 Å². The van der Waals surface area contributed by atoms with Crippen LogP contribution in [0, 0.1) is 0 Å². The van der Waals surface area contributed by atoms with Gasteiger partial charge in [0.1, 0.15) is 0 Å². The number of hydrogen-bond acceptors (Lipinski definition) is 3. The molecule has 0 N–H and O–H groups in total. The van der Waals surface area contributed by atoms with Crippen molar-refractivity contribution >= 4 is 0 Å². The number of ether oxygens (including phenoxy) is 2. The highest BCUT2D eigenvalue weighted by Gasteiger charge is 2.37. The molecule has 0 amide bonds. The van der Waals surface area contributed by atoms with E-state index in [-0.39, 0.29) is 5.41 Å². The molecule has 168 valence electrons. The van der Waals surface area contributed by atoms with Gasteiger partial charge in [0, 0.05) is 23.4 Å². The molecule has 2 aliphatic rings. The van der Waals surface area contributed by atoms with Crippen molar-refractivity contribution in [2.45, 2.75) is 19.3 Å². The van der Waals surface area contributed by atoms with Crippen LogP contribution in [-0.4, -0.2) is 4.98 Å². The average Bonchev–Trinajstić information content (AvgIpc) is 3.12. The van der Waals surface area contributed by atoms with E-state index in [2.05, 4.69) is 97.7 Å². The van der Waals surface area contributed by atoms with E-state index < -0.39 is 0 Å². The minimum atomic E-state index is -0.0757. The molecule has 0 saturated carbocycles. The third kappa shape index (κ3) is 3.08. The Hall–Kier alpha value is -4.37. The largest absolute Gasteiger partial charge is 0.450 e. The summed E-state index contributed by atoms with van der Waals surface area (Å²) in [5, 5.41) is 0. The second-order valence-electron chi connectivity index (χ2n) is 9.70. The molecule has 7 rings (SSSR count). The van der Waals surface area contributed by atoms with Crippen LogP contribution in [0.15, 0.2) is 103 Å². The van der Waals surface area contributed by atoms with Gasteiger partial charge < -0.3 is 9.47 Å². The number of rotatable bonds is 2. The molecular formula is C32H23NO2. The normalized spacial score (nSPS) is 14.1. The fourth-order valence-corrected chi connectivity index (χ4v) is 5.37. The number of pyridine rings is 1. The second kappa shape index (κ2) is 7.31. The highest BCUT2D eigenvalue weighted by Crippen LogP contribution is 2.55. The SMILES string of the molecule is CC1(C)c2ccccc2-c2cc3c(cc21)Oc1ccc(-c2cccc(-c4cccnc4)c2)cc1O3. The Morgan fingerprint density at radius 2 is 1.26 bits per heavy atom. The summed E-state index contributed by atoms with van der Waals surface area (Å²) in [6, 6.07) is 31.6. The summed E-state index contributed by atoms with van der Waals surface area (Å²) in [6.45, 7) is 4.54. The molecule has 0 saturated heterocycles. The third-order valence-electron chi connectivity index (χ3n) is 7.22. The van der Waals surface area contributed by atoms with Crippen LogP contribution in [0.2, 0.25) is 0 Å². The van der Waals surface area contributed by atoms with Gasteiger partial charge in [-0.05, 0) is 75.3 Å². The van der Waals surface area contributed by atoms with Crippen LogP contribution in [0.4, 0.5) is 0 Å². The zero-order chi connectivity index (χ0) is 23.6. The fraction of sp³-hybridized carbons (Fsp3) is 0.0938. The number of nitrogens with zero attached hydrogens (tertiary/aromatic N) is 1. The molecule has 3 heteroatoms. The summed E-state index contributed by atoms with van der Waals surface area (Å²) in [6.07, 6.45) is 3.68. The summed E-state index contributed by atoms with van der Waals surface area (Å²) in [5.74, 6) is 2.98. The lowest BCUT2D eigenvalue weighted by atomic mass is 9.82. The Labute approximate surface area is 204 Å². The quantitative estimate of drug-likeness (QED) is 0.263. The van der Waals surface area contributed by atoms with Gasteiger partial charge in [-0.3, -0.25) is 4.98 Å². The molecule has 0 atom stereocenters. The molecule has 1 aliphatic heterocycles. The minimum Gasteiger partial charge on any atom is -0.450 e. The van der Waals surface area contributed by atoms with Crippen molar-refractivity contribution in [3.8, 4) is 56.4 Å². The van der Waals surface area contributed by atoms with Crippen LogP contribution in [0.25, 0.3) is 33.4 Å². The van der Waals surface area contributed by atoms with E-state index >= 15 is 0 Å². The first-order valence-electron chi connectivity index (χ1n) is 11.9. The van der Waals surface area contributed by atoms with E-state index in [1.807, 2.05) is 18.3 Å². The fourth-order valence-electron chi connectivity index (χ4n) is 5.37. The number of aromatic nitrogens is 1. The molecule has 2 heterocycles. The standard InChI is InChI=1S/C32H23NO2/c1-32(2)26-11-4-3-10-24(26)25-17-30-31(18-27(25)32)34-28-13-12-22(16-29(28)35-30)20-7-5-8-21(15-20)23-9-6-14-33-19-23/h3-19H,1-2H3. The molecule has 0 radical (unpaired) electrons. The molecule has 3 nitrogen and oxygen atoms in total. The molecule has 1 aliphatic carbocycles. The molecule has 5 aromatic rings. The highest BCUT2D eigenvalue weighted by atomic mass is 16.6. The van der Waals surface area contributed by atoms with Crippen molar-refractivity contribution in [2.24, 2.45) is 0 Å². The molecule has 35 heavy (non-hydrogen) atoms. The van der Waals surface area contributed by atoms with E-state index in [4.69, 9.17) is 9.47 Å². The van der Waals surface area contributed by atoms with E-state index in [0.717, 1.165) is 45.3 Å². The zero-order valence-electron chi connectivity index (χ0n) is 19.6. The van der Waals surface area contributed by atoms with Gasteiger partial charge in [0.15, 0.2) is 23.0 Å². The van der Waals surface area contributed by atoms with Crippen LogP contribution >= 0.6 is 0 Å². The maximum atomic E-state index is 6.43. The Morgan fingerprint density at radius 1 is 0.543 bits per heavy atom. The predicted molar refractivity (Wildman–Crippen MR) is 139 cm³/mol. The Balaban J connectivity index is 1.27. The van der Waals surface area contributed by atoms with Gasteiger partial charge in [0.25, 0.3) is 0 Å². The molecule has 1 aromatic heterocycles. The predicted octanol–water partition coefficient (Wildman–Crippen LogP) is 8.62. The zero-order valence-corrected chi connectivity index (χ0v) is 19.6. The maximum Gasteiger partial charge on any atom is 0.170 e. The van der Waals surface area contributed by atoms with Crippen molar-refractivity contribution < 1.29 is 9.47 Å². The second-order valence-corrected chi connectivity index (χ2v) is 9.70. The highest BCUT2D eigenvalue weighted by molar-refractivity contribution is 5.83. The average molecular weight is 454 g/mol. The van der Waals surface area contributed by atoms with Gasteiger partial charge in [0.2, 0.25) is 0 Å². The molecule has 4 aromatic carbocycles. The first-order chi connectivity index (χ1) is 17.1. The van der Waals surface area contributed by atoms with Gasteiger partial charge in [-0.15, -0.1) is 0 Å². The van der Waals surface area contributed by atoms with Crippen molar-refractivity contribution in [1.82, 2.24) is 4.98 Å². The smallest absolute Gasteiger partial charge is 0.170 e. The van der Waals surface area contributed by atoms with Crippen molar-refractivity contribution in [2.75, 3.05) is 0 Å². The number of fused-ring (bicyclic) bond motifs is 5. The number of benzene rings is 4. The van der Waals surface area contributed by atoms with Gasteiger partial charge >= 0.3 is 0 Å². The molecule has 0 spiro atoms. The summed E-state index contributed by atoms with van der Waals surface area (Å²) in [5.41, 5.74) is 9.45. The van der Waals surface area contributed by atoms with Gasteiger partial charge in [-0.2, -0.15) is 0 Å². The summed E-state index contributed by atoms with van der Waals surface area (Å²) < 4.78 is 12.8. The molecule has 0 fully saturated rings. The molecule has 0 bridgehead atoms. The third-order valence-corrected chi connectivity index (χ3v) is 7.22. The van der Waals surface area contributed by atoms with Crippen molar-refractivity contribution in [1.29, 1.82) is 0 Å². The van der Waals surface area contributed by atoms with E-state index in [1.54, 1.807) is 6.20 Å². The molecule has 0 unspecified atom stereocenters. The minimum absolute atomic E-state index is 0.0757. The lowest BCUT2D eigenvalue weighted by Crippen LogP contribution is -2.15. The van der Waals surface area contributed by atoms with Crippen molar-refractivity contribution in [3.63, 3.8) is 0 Å². The Bertz CT molecular complexity index is 1620. The van der Waals surface area contributed by atoms with Crippen LogP contribution in [-0.2, 0) is 5.41 Å². The number of hydrogen-bond donors (Lipinski definition) is 0. The first kappa shape index (κ1) is 20.0. The van der Waals surface area contributed by atoms with Crippen LogP contribution in [0.3, 0.4) is 0 Å². The molecular weight excluding hydrogens is 430 g/mol. The summed E-state index contributed by atoms with van der Waals surface area (Å²) in [4.78, 5) is 4.25. The van der Waals surface area contributed by atoms with E-state index in [9.17, 15) is 0 Å². The lowest BCUT2D eigenvalue weighted by Gasteiger charge is -2.25.